The van der Waals surface area contributed by atoms with E-state index in [1.807, 2.05) is 23.1 Å². The van der Waals surface area contributed by atoms with Crippen LogP contribution in [0.5, 0.6) is 0 Å². The number of fused-ring (bicyclic) bond motifs is 5. The molecule has 138 valence electrons. The Kier molecular flexibility index (Phi) is 4.10. The molecular formula is C19H22ClN3O2S. The maximum Gasteiger partial charge on any atom is 0.223 e. The molecule has 3 aliphatic heterocycles. The summed E-state index contributed by atoms with van der Waals surface area (Å²) in [5.74, 6) is 1.02. The molecule has 0 aliphatic carbocycles. The number of rotatable bonds is 2. The average Bonchev–Trinajstić information content (AvgIpc) is 3.06. The smallest absolute Gasteiger partial charge is 0.223 e. The SMILES string of the molecule is O=C1CCC[C@H]2[C@@H]3C[C@@H](CN(c4nc5ccc(Cl)cc5s4)C3)[C@H](CO)N12. The van der Waals surface area contributed by atoms with Gasteiger partial charge < -0.3 is 14.9 Å². The van der Waals surface area contributed by atoms with Crippen molar-refractivity contribution >= 4 is 44.2 Å². The summed E-state index contributed by atoms with van der Waals surface area (Å²) in [6.07, 6.45) is 3.77. The van der Waals surface area contributed by atoms with Gasteiger partial charge in [0.1, 0.15) is 0 Å². The van der Waals surface area contributed by atoms with Gasteiger partial charge in [-0.05, 0) is 49.3 Å². The summed E-state index contributed by atoms with van der Waals surface area (Å²) in [4.78, 5) is 21.7. The fraction of sp³-hybridized carbons (Fsp3) is 0.579. The first kappa shape index (κ1) is 16.8. The minimum absolute atomic E-state index is 0.0457. The molecule has 4 heterocycles. The van der Waals surface area contributed by atoms with E-state index in [0.717, 1.165) is 52.7 Å². The molecule has 1 N–H and O–H groups in total. The van der Waals surface area contributed by atoms with Crippen molar-refractivity contribution in [3.05, 3.63) is 23.2 Å². The highest BCUT2D eigenvalue weighted by atomic mass is 35.5. The quantitative estimate of drug-likeness (QED) is 0.854. The first-order valence-corrected chi connectivity index (χ1v) is 10.6. The molecule has 0 spiro atoms. The van der Waals surface area contributed by atoms with Crippen molar-refractivity contribution in [2.75, 3.05) is 24.6 Å². The molecule has 4 atom stereocenters. The number of nitrogens with zero attached hydrogens (tertiary/aromatic N) is 3. The van der Waals surface area contributed by atoms with E-state index in [1.54, 1.807) is 11.3 Å². The molecule has 0 radical (unpaired) electrons. The van der Waals surface area contributed by atoms with Gasteiger partial charge in [-0.1, -0.05) is 22.9 Å². The molecule has 0 saturated carbocycles. The zero-order valence-electron chi connectivity index (χ0n) is 14.5. The zero-order valence-corrected chi connectivity index (χ0v) is 16.0. The molecule has 3 fully saturated rings. The number of carbonyl (C=O) groups is 1. The zero-order chi connectivity index (χ0) is 17.8. The number of benzene rings is 1. The fourth-order valence-electron chi connectivity index (χ4n) is 5.19. The van der Waals surface area contributed by atoms with Crippen molar-refractivity contribution in [2.45, 2.75) is 37.8 Å². The van der Waals surface area contributed by atoms with Crippen LogP contribution in [0.2, 0.25) is 5.02 Å². The number of thiazole rings is 1. The summed E-state index contributed by atoms with van der Waals surface area (Å²) in [7, 11) is 0. The van der Waals surface area contributed by atoms with Crippen LogP contribution < -0.4 is 4.90 Å². The highest BCUT2D eigenvalue weighted by molar-refractivity contribution is 7.22. The molecule has 3 aliphatic rings. The van der Waals surface area contributed by atoms with Crippen molar-refractivity contribution in [2.24, 2.45) is 11.8 Å². The van der Waals surface area contributed by atoms with E-state index >= 15 is 0 Å². The standard InChI is InChI=1S/C19H22ClN3O2S/c20-13-4-5-14-17(7-13)26-19(21-14)22-8-11-6-12(9-22)16(10-24)23-15(11)2-1-3-18(23)25/h4-5,7,11-12,15-16,24H,1-3,6,8-10H2/t11-,12+,15+,16+/m1/s1. The van der Waals surface area contributed by atoms with Gasteiger partial charge in [-0.3, -0.25) is 4.79 Å². The third-order valence-corrected chi connectivity index (χ3v) is 7.61. The summed E-state index contributed by atoms with van der Waals surface area (Å²) >= 11 is 7.80. The number of anilines is 1. The molecule has 2 aromatic rings. The van der Waals surface area contributed by atoms with E-state index in [4.69, 9.17) is 16.6 Å². The number of piperidine rings is 3. The first-order valence-electron chi connectivity index (χ1n) is 9.37. The average molecular weight is 392 g/mol. The molecule has 2 bridgehead atoms. The molecular weight excluding hydrogens is 370 g/mol. The van der Waals surface area contributed by atoms with Crippen LogP contribution in [0.1, 0.15) is 25.7 Å². The number of aliphatic hydroxyl groups is 1. The Morgan fingerprint density at radius 1 is 1.31 bits per heavy atom. The Morgan fingerprint density at radius 3 is 3.00 bits per heavy atom. The second-order valence-corrected chi connectivity index (χ2v) is 9.23. The van der Waals surface area contributed by atoms with Crippen molar-refractivity contribution in [3.63, 3.8) is 0 Å². The summed E-state index contributed by atoms with van der Waals surface area (Å²) in [5.41, 5.74) is 0.985. The van der Waals surface area contributed by atoms with Crippen LogP contribution in [0, 0.1) is 11.8 Å². The number of aliphatic hydroxyl groups excluding tert-OH is 1. The van der Waals surface area contributed by atoms with Gasteiger partial charge in [0.25, 0.3) is 0 Å². The Balaban J connectivity index is 1.47. The third-order valence-electron chi connectivity index (χ3n) is 6.29. The summed E-state index contributed by atoms with van der Waals surface area (Å²) in [6, 6.07) is 6.06. The molecule has 1 aromatic carbocycles. The van der Waals surface area contributed by atoms with E-state index in [-0.39, 0.29) is 24.6 Å². The number of hydrogen-bond acceptors (Lipinski definition) is 5. The predicted octanol–water partition coefficient (Wildman–Crippen LogP) is 3.15. The second-order valence-electron chi connectivity index (χ2n) is 7.78. The molecule has 5 rings (SSSR count). The van der Waals surface area contributed by atoms with Gasteiger partial charge >= 0.3 is 0 Å². The topological polar surface area (TPSA) is 56.7 Å². The maximum atomic E-state index is 12.5. The minimum Gasteiger partial charge on any atom is -0.394 e. The molecule has 1 aromatic heterocycles. The van der Waals surface area contributed by atoms with E-state index in [1.165, 1.54) is 0 Å². The summed E-state index contributed by atoms with van der Waals surface area (Å²) in [5, 5.41) is 11.8. The monoisotopic (exact) mass is 391 g/mol. The van der Waals surface area contributed by atoms with Crippen molar-refractivity contribution < 1.29 is 9.90 Å². The molecule has 1 amide bonds. The van der Waals surface area contributed by atoms with Crippen molar-refractivity contribution in [3.8, 4) is 0 Å². The van der Waals surface area contributed by atoms with Gasteiger partial charge in [0.15, 0.2) is 5.13 Å². The maximum absolute atomic E-state index is 12.5. The Labute approximate surface area is 161 Å². The van der Waals surface area contributed by atoms with Gasteiger partial charge in [-0.25, -0.2) is 4.98 Å². The van der Waals surface area contributed by atoms with Gasteiger partial charge in [0, 0.05) is 30.6 Å². The van der Waals surface area contributed by atoms with Crippen LogP contribution in [0.3, 0.4) is 0 Å². The van der Waals surface area contributed by atoms with E-state index in [0.29, 0.717) is 18.3 Å². The van der Waals surface area contributed by atoms with Gasteiger partial charge in [-0.15, -0.1) is 0 Å². The fourth-order valence-corrected chi connectivity index (χ4v) is 6.45. The normalized spacial score (nSPS) is 31.4. The van der Waals surface area contributed by atoms with Crippen LogP contribution in [0.25, 0.3) is 10.2 Å². The lowest BCUT2D eigenvalue weighted by Gasteiger charge is -2.56. The minimum atomic E-state index is -0.0457. The number of amides is 1. The summed E-state index contributed by atoms with van der Waals surface area (Å²) in [6.45, 7) is 1.85. The van der Waals surface area contributed by atoms with Crippen LogP contribution in [0.15, 0.2) is 18.2 Å². The first-order chi connectivity index (χ1) is 12.6. The Morgan fingerprint density at radius 2 is 2.15 bits per heavy atom. The number of aromatic nitrogens is 1. The van der Waals surface area contributed by atoms with Gasteiger partial charge in [0.05, 0.1) is 22.9 Å². The van der Waals surface area contributed by atoms with E-state index in [9.17, 15) is 9.90 Å². The molecule has 3 saturated heterocycles. The summed E-state index contributed by atoms with van der Waals surface area (Å²) < 4.78 is 1.11. The largest absolute Gasteiger partial charge is 0.394 e. The molecule has 26 heavy (non-hydrogen) atoms. The third kappa shape index (κ3) is 2.62. The van der Waals surface area contributed by atoms with Crippen LogP contribution >= 0.6 is 22.9 Å². The number of carbonyl (C=O) groups excluding carboxylic acids is 1. The van der Waals surface area contributed by atoms with E-state index < -0.39 is 0 Å². The highest BCUT2D eigenvalue weighted by Gasteiger charge is 2.49. The van der Waals surface area contributed by atoms with Gasteiger partial charge in [-0.2, -0.15) is 0 Å². The number of hydrogen-bond donors (Lipinski definition) is 1. The lowest BCUT2D eigenvalue weighted by atomic mass is 9.72. The van der Waals surface area contributed by atoms with Crippen molar-refractivity contribution in [1.29, 1.82) is 0 Å². The molecule has 0 unspecified atom stereocenters. The Hall–Kier alpha value is -1.37. The van der Waals surface area contributed by atoms with E-state index in [2.05, 4.69) is 4.90 Å². The second kappa shape index (κ2) is 6.36. The lowest BCUT2D eigenvalue weighted by Crippen LogP contribution is -2.66. The number of halogens is 1. The van der Waals surface area contributed by atoms with Gasteiger partial charge in [0.2, 0.25) is 5.91 Å². The predicted molar refractivity (Wildman–Crippen MR) is 104 cm³/mol. The molecule has 5 nitrogen and oxygen atoms in total. The Bertz CT molecular complexity index is 842. The van der Waals surface area contributed by atoms with Crippen LogP contribution in [0.4, 0.5) is 5.13 Å². The van der Waals surface area contributed by atoms with Crippen LogP contribution in [-0.2, 0) is 4.79 Å². The van der Waals surface area contributed by atoms with Crippen molar-refractivity contribution in [1.82, 2.24) is 9.88 Å². The van der Waals surface area contributed by atoms with Crippen LogP contribution in [-0.4, -0.2) is 52.7 Å². The molecule has 7 heteroatoms. The highest BCUT2D eigenvalue weighted by Crippen LogP contribution is 2.43. The lowest BCUT2D eigenvalue weighted by molar-refractivity contribution is -0.150.